The van der Waals surface area contributed by atoms with Gasteiger partial charge in [-0.25, -0.2) is 9.97 Å². The van der Waals surface area contributed by atoms with E-state index in [-0.39, 0.29) is 5.91 Å². The van der Waals surface area contributed by atoms with Crippen LogP contribution in [-0.4, -0.2) is 46.5 Å². The Hall–Kier alpha value is -2.37. The van der Waals surface area contributed by atoms with Gasteiger partial charge < -0.3 is 15.5 Å². The number of rotatable bonds is 1. The van der Waals surface area contributed by atoms with Crippen LogP contribution in [-0.2, 0) is 4.79 Å². The van der Waals surface area contributed by atoms with Crippen molar-refractivity contribution >= 4 is 28.6 Å². The number of nitrogens with zero attached hydrogens (tertiary/aromatic N) is 4. The van der Waals surface area contributed by atoms with Gasteiger partial charge in [-0.15, -0.1) is 0 Å². The fourth-order valence-electron chi connectivity index (χ4n) is 3.29. The van der Waals surface area contributed by atoms with Crippen molar-refractivity contribution in [1.29, 1.82) is 0 Å². The van der Waals surface area contributed by atoms with Crippen molar-refractivity contribution < 1.29 is 4.79 Å². The van der Waals surface area contributed by atoms with E-state index in [1.807, 2.05) is 29.2 Å². The molecule has 1 atom stereocenters. The lowest BCUT2D eigenvalue weighted by atomic mass is 10.1. The van der Waals surface area contributed by atoms with Crippen LogP contribution in [0, 0.1) is 0 Å². The van der Waals surface area contributed by atoms with E-state index in [0.29, 0.717) is 18.3 Å². The third-order valence-electron chi connectivity index (χ3n) is 4.37. The van der Waals surface area contributed by atoms with Gasteiger partial charge in [0.25, 0.3) is 0 Å². The molecule has 21 heavy (non-hydrogen) atoms. The van der Waals surface area contributed by atoms with E-state index in [9.17, 15) is 4.79 Å². The molecule has 0 aliphatic carbocycles. The van der Waals surface area contributed by atoms with Gasteiger partial charge in [0.2, 0.25) is 5.91 Å². The maximum atomic E-state index is 11.7. The number of nitrogen functional groups attached to an aromatic ring is 1. The van der Waals surface area contributed by atoms with Gasteiger partial charge in [-0.2, -0.15) is 0 Å². The number of amides is 1. The summed E-state index contributed by atoms with van der Waals surface area (Å²) in [5.74, 6) is 1.48. The zero-order valence-electron chi connectivity index (χ0n) is 11.7. The highest BCUT2D eigenvalue weighted by atomic mass is 16.2. The fourth-order valence-corrected chi connectivity index (χ4v) is 3.29. The zero-order chi connectivity index (χ0) is 14.4. The molecule has 2 aliphatic heterocycles. The van der Waals surface area contributed by atoms with Gasteiger partial charge in [0.15, 0.2) is 11.6 Å². The first kappa shape index (κ1) is 12.4. The van der Waals surface area contributed by atoms with Gasteiger partial charge in [-0.05, 0) is 18.6 Å². The first-order valence-electron chi connectivity index (χ1n) is 7.29. The molecule has 6 heteroatoms. The van der Waals surface area contributed by atoms with Crippen molar-refractivity contribution in [2.24, 2.45) is 0 Å². The van der Waals surface area contributed by atoms with Gasteiger partial charge in [-0.3, -0.25) is 4.79 Å². The maximum Gasteiger partial charge on any atom is 0.223 e. The van der Waals surface area contributed by atoms with Gasteiger partial charge in [0.05, 0.1) is 11.0 Å². The molecule has 2 fully saturated rings. The number of hydrogen-bond acceptors (Lipinski definition) is 5. The Morgan fingerprint density at radius 2 is 1.90 bits per heavy atom. The second kappa shape index (κ2) is 4.58. The van der Waals surface area contributed by atoms with Gasteiger partial charge in [-0.1, -0.05) is 12.1 Å². The number of carbonyl (C=O) groups is 1. The summed E-state index contributed by atoms with van der Waals surface area (Å²) in [5.41, 5.74) is 7.75. The molecule has 2 aliphatic rings. The molecule has 3 heterocycles. The van der Waals surface area contributed by atoms with Crippen LogP contribution in [0.4, 0.5) is 11.6 Å². The summed E-state index contributed by atoms with van der Waals surface area (Å²) >= 11 is 0. The van der Waals surface area contributed by atoms with Crippen molar-refractivity contribution in [3.8, 4) is 0 Å². The Labute approximate surface area is 122 Å². The highest BCUT2D eigenvalue weighted by Gasteiger charge is 2.36. The van der Waals surface area contributed by atoms with Gasteiger partial charge >= 0.3 is 0 Å². The summed E-state index contributed by atoms with van der Waals surface area (Å²) in [4.78, 5) is 25.0. The molecule has 2 aromatic rings. The molecule has 0 spiro atoms. The molecule has 1 aromatic carbocycles. The standard InChI is InChI=1S/C15H17N5O/c16-14-15(18-12-4-2-1-3-11(12)17-14)19-7-8-20-10(9-19)5-6-13(20)21/h1-4,10H,5-9H2,(H2,16,17). The minimum Gasteiger partial charge on any atom is -0.381 e. The summed E-state index contributed by atoms with van der Waals surface area (Å²) < 4.78 is 0. The lowest BCUT2D eigenvalue weighted by Gasteiger charge is -2.38. The van der Waals surface area contributed by atoms with Crippen LogP contribution < -0.4 is 10.6 Å². The Balaban J connectivity index is 1.67. The molecular weight excluding hydrogens is 266 g/mol. The Bertz CT molecular complexity index is 716. The van der Waals surface area contributed by atoms with E-state index in [1.165, 1.54) is 0 Å². The molecule has 1 unspecified atom stereocenters. The topological polar surface area (TPSA) is 75.3 Å². The predicted molar refractivity (Wildman–Crippen MR) is 80.9 cm³/mol. The third kappa shape index (κ3) is 1.98. The van der Waals surface area contributed by atoms with E-state index >= 15 is 0 Å². The van der Waals surface area contributed by atoms with Crippen LogP contribution in [0.1, 0.15) is 12.8 Å². The number of anilines is 2. The zero-order valence-corrected chi connectivity index (χ0v) is 11.7. The minimum absolute atomic E-state index is 0.275. The van der Waals surface area contributed by atoms with Crippen LogP contribution in [0.3, 0.4) is 0 Å². The first-order chi connectivity index (χ1) is 10.2. The molecule has 2 N–H and O–H groups in total. The molecule has 108 valence electrons. The summed E-state index contributed by atoms with van der Waals surface area (Å²) in [6.07, 6.45) is 1.59. The van der Waals surface area contributed by atoms with Crippen LogP contribution in [0.25, 0.3) is 11.0 Å². The maximum absolute atomic E-state index is 11.7. The summed E-state index contributed by atoms with van der Waals surface area (Å²) in [6.45, 7) is 2.31. The largest absolute Gasteiger partial charge is 0.381 e. The van der Waals surface area contributed by atoms with E-state index in [2.05, 4.69) is 14.9 Å². The Morgan fingerprint density at radius 1 is 1.14 bits per heavy atom. The van der Waals surface area contributed by atoms with Crippen molar-refractivity contribution in [3.05, 3.63) is 24.3 Å². The molecule has 1 amide bonds. The fraction of sp³-hybridized carbons (Fsp3) is 0.400. The lowest BCUT2D eigenvalue weighted by Crippen LogP contribution is -2.51. The normalized spacial score (nSPS) is 21.9. The van der Waals surface area contributed by atoms with Crippen LogP contribution in [0.2, 0.25) is 0 Å². The monoisotopic (exact) mass is 283 g/mol. The summed E-state index contributed by atoms with van der Waals surface area (Å²) in [5, 5.41) is 0. The van der Waals surface area contributed by atoms with E-state index in [4.69, 9.17) is 5.73 Å². The number of piperazine rings is 1. The number of nitrogens with two attached hydrogens (primary N) is 1. The predicted octanol–water partition coefficient (Wildman–Crippen LogP) is 1.02. The molecule has 0 saturated carbocycles. The Kier molecular flexibility index (Phi) is 2.70. The smallest absolute Gasteiger partial charge is 0.223 e. The van der Waals surface area contributed by atoms with Crippen LogP contribution in [0.15, 0.2) is 24.3 Å². The van der Waals surface area contributed by atoms with Crippen LogP contribution >= 0.6 is 0 Å². The molecular formula is C15H17N5O. The number of carbonyl (C=O) groups excluding carboxylic acids is 1. The average Bonchev–Trinajstić information content (AvgIpc) is 2.87. The quantitative estimate of drug-likeness (QED) is 0.846. The molecule has 0 bridgehead atoms. The highest BCUT2D eigenvalue weighted by Crippen LogP contribution is 2.28. The lowest BCUT2D eigenvalue weighted by molar-refractivity contribution is -0.129. The van der Waals surface area contributed by atoms with Crippen molar-refractivity contribution in [3.63, 3.8) is 0 Å². The molecule has 4 rings (SSSR count). The summed E-state index contributed by atoms with van der Waals surface area (Å²) in [6, 6.07) is 8.03. The minimum atomic E-state index is 0.275. The number of fused-ring (bicyclic) bond motifs is 2. The second-order valence-corrected chi connectivity index (χ2v) is 5.65. The second-order valence-electron chi connectivity index (χ2n) is 5.65. The van der Waals surface area contributed by atoms with E-state index in [0.717, 1.165) is 42.9 Å². The number of hydrogen-bond donors (Lipinski definition) is 1. The van der Waals surface area contributed by atoms with Crippen LogP contribution in [0.5, 0.6) is 0 Å². The number of para-hydroxylation sites is 2. The van der Waals surface area contributed by atoms with Crippen molar-refractivity contribution in [1.82, 2.24) is 14.9 Å². The van der Waals surface area contributed by atoms with E-state index in [1.54, 1.807) is 0 Å². The summed E-state index contributed by atoms with van der Waals surface area (Å²) in [7, 11) is 0. The Morgan fingerprint density at radius 3 is 2.71 bits per heavy atom. The van der Waals surface area contributed by atoms with Crippen molar-refractivity contribution in [2.45, 2.75) is 18.9 Å². The first-order valence-corrected chi connectivity index (χ1v) is 7.29. The average molecular weight is 283 g/mol. The van der Waals surface area contributed by atoms with Gasteiger partial charge in [0, 0.05) is 32.1 Å². The van der Waals surface area contributed by atoms with E-state index < -0.39 is 0 Å². The molecule has 6 nitrogen and oxygen atoms in total. The highest BCUT2D eigenvalue weighted by molar-refractivity contribution is 5.81. The van der Waals surface area contributed by atoms with Crippen molar-refractivity contribution in [2.75, 3.05) is 30.3 Å². The molecule has 0 radical (unpaired) electrons. The number of aromatic nitrogens is 2. The molecule has 2 saturated heterocycles. The molecule has 1 aromatic heterocycles. The van der Waals surface area contributed by atoms with Gasteiger partial charge in [0.1, 0.15) is 0 Å². The number of benzene rings is 1. The SMILES string of the molecule is Nc1nc2ccccc2nc1N1CCN2C(=O)CCC2C1. The third-order valence-corrected chi connectivity index (χ3v) is 4.37.